The highest BCUT2D eigenvalue weighted by atomic mass is 19.4. The molecule has 7 nitrogen and oxygen atoms in total. The molecule has 1 aromatic carbocycles. The number of alkyl halides is 3. The highest BCUT2D eigenvalue weighted by Gasteiger charge is 2.48. The molecule has 2 aliphatic rings. The van der Waals surface area contributed by atoms with Gasteiger partial charge in [0.1, 0.15) is 17.9 Å². The minimum Gasteiger partial charge on any atom is -0.511 e. The molecule has 1 aliphatic carbocycles. The molecular formula is C21H23F3N2O5. The van der Waals surface area contributed by atoms with E-state index in [1.165, 1.54) is 17.0 Å². The molecule has 31 heavy (non-hydrogen) atoms. The fourth-order valence-corrected chi connectivity index (χ4v) is 4.32. The lowest BCUT2D eigenvalue weighted by atomic mass is 9.74. The van der Waals surface area contributed by atoms with Gasteiger partial charge >= 0.3 is 12.1 Å². The number of carboxylic acid groups (broad SMARTS) is 1. The monoisotopic (exact) mass is 440 g/mol. The summed E-state index contributed by atoms with van der Waals surface area (Å²) in [5.74, 6) is -3.44. The van der Waals surface area contributed by atoms with E-state index in [0.29, 0.717) is 18.4 Å². The number of nitrogens with one attached hydrogen (secondary N) is 1. The van der Waals surface area contributed by atoms with Crippen LogP contribution in [0.3, 0.4) is 0 Å². The van der Waals surface area contributed by atoms with Crippen LogP contribution in [-0.2, 0) is 27.1 Å². The summed E-state index contributed by atoms with van der Waals surface area (Å²) in [5, 5.41) is 21.3. The summed E-state index contributed by atoms with van der Waals surface area (Å²) < 4.78 is 38.6. The molecule has 3 N–H and O–H groups in total. The first kappa shape index (κ1) is 22.6. The Morgan fingerprint density at radius 2 is 1.71 bits per heavy atom. The number of nitrogens with zero attached hydrogens (tertiary/aromatic N) is 1. The zero-order chi connectivity index (χ0) is 22.8. The molecule has 3 rings (SSSR count). The second-order valence-corrected chi connectivity index (χ2v) is 7.95. The van der Waals surface area contributed by atoms with Crippen molar-refractivity contribution in [3.05, 3.63) is 46.7 Å². The van der Waals surface area contributed by atoms with Crippen molar-refractivity contribution >= 4 is 17.8 Å². The molecule has 168 valence electrons. The lowest BCUT2D eigenvalue weighted by Crippen LogP contribution is -2.57. The quantitative estimate of drug-likeness (QED) is 0.610. The highest BCUT2D eigenvalue weighted by molar-refractivity contribution is 6.19. The third-order valence-electron chi connectivity index (χ3n) is 5.85. The summed E-state index contributed by atoms with van der Waals surface area (Å²) in [6, 6.07) is 4.44. The summed E-state index contributed by atoms with van der Waals surface area (Å²) in [4.78, 5) is 37.8. The van der Waals surface area contributed by atoms with Crippen LogP contribution in [0.15, 0.2) is 35.6 Å². The Hall–Kier alpha value is -3.04. The van der Waals surface area contributed by atoms with Gasteiger partial charge in [0, 0.05) is 13.0 Å². The minimum atomic E-state index is -4.48. The van der Waals surface area contributed by atoms with E-state index in [9.17, 15) is 32.7 Å². The molecule has 0 aromatic heterocycles. The Bertz CT molecular complexity index is 903. The molecule has 0 bridgehead atoms. The number of hydrogen-bond acceptors (Lipinski definition) is 4. The van der Waals surface area contributed by atoms with Crippen LogP contribution in [0.1, 0.15) is 49.7 Å². The number of aliphatic hydroxyl groups excluding tert-OH is 1. The van der Waals surface area contributed by atoms with Crippen LogP contribution >= 0.6 is 0 Å². The van der Waals surface area contributed by atoms with E-state index in [0.717, 1.165) is 31.4 Å². The molecular weight excluding hydrogens is 417 g/mol. The van der Waals surface area contributed by atoms with Gasteiger partial charge in [0.15, 0.2) is 0 Å². The number of rotatable bonds is 5. The zero-order valence-electron chi connectivity index (χ0n) is 16.7. The van der Waals surface area contributed by atoms with Crippen LogP contribution < -0.4 is 5.32 Å². The van der Waals surface area contributed by atoms with Crippen LogP contribution in [0.5, 0.6) is 0 Å². The molecule has 10 heteroatoms. The topological polar surface area (TPSA) is 107 Å². The largest absolute Gasteiger partial charge is 0.511 e. The summed E-state index contributed by atoms with van der Waals surface area (Å²) in [7, 11) is 0. The average molecular weight is 440 g/mol. The molecule has 1 aliphatic heterocycles. The Morgan fingerprint density at radius 1 is 1.10 bits per heavy atom. The van der Waals surface area contributed by atoms with Crippen LogP contribution in [0.2, 0.25) is 0 Å². The molecule has 0 unspecified atom stereocenters. The molecule has 0 saturated heterocycles. The second-order valence-electron chi connectivity index (χ2n) is 7.95. The van der Waals surface area contributed by atoms with Crippen LogP contribution in [0.25, 0.3) is 0 Å². The van der Waals surface area contributed by atoms with Gasteiger partial charge in [-0.15, -0.1) is 0 Å². The van der Waals surface area contributed by atoms with E-state index < -0.39 is 52.9 Å². The molecule has 1 aromatic rings. The van der Waals surface area contributed by atoms with E-state index in [1.807, 2.05) is 0 Å². The SMILES string of the molecule is O=C(O)CNC(=O)C1=C(O)CC2(CCCCC2)N(Cc2ccc(C(F)(F)F)cc2)C1=O. The van der Waals surface area contributed by atoms with Crippen molar-refractivity contribution in [2.75, 3.05) is 6.54 Å². The van der Waals surface area contributed by atoms with Crippen molar-refractivity contribution in [3.8, 4) is 0 Å². The number of benzene rings is 1. The normalized spacial score (nSPS) is 18.9. The minimum absolute atomic E-state index is 0.0278. The smallest absolute Gasteiger partial charge is 0.416 e. The number of carbonyl (C=O) groups is 3. The summed E-state index contributed by atoms with van der Waals surface area (Å²) >= 11 is 0. The van der Waals surface area contributed by atoms with Crippen molar-refractivity contribution in [2.24, 2.45) is 0 Å². The average Bonchev–Trinajstić information content (AvgIpc) is 2.70. The second kappa shape index (κ2) is 8.60. The van der Waals surface area contributed by atoms with Gasteiger partial charge in [-0.2, -0.15) is 13.2 Å². The van der Waals surface area contributed by atoms with Crippen LogP contribution in [-0.4, -0.2) is 45.0 Å². The summed E-state index contributed by atoms with van der Waals surface area (Å²) in [6.07, 6.45) is -0.681. The van der Waals surface area contributed by atoms with Gasteiger partial charge in [-0.25, -0.2) is 0 Å². The van der Waals surface area contributed by atoms with Gasteiger partial charge in [0.05, 0.1) is 11.1 Å². The standard InChI is InChI=1S/C21H23F3N2O5/c22-21(23,24)14-6-4-13(5-7-14)12-26-19(31)17(18(30)25-11-16(28)29)15(27)10-20(26)8-2-1-3-9-20/h4-7,27H,1-3,8-12H2,(H,25,30)(H,28,29). The number of carbonyl (C=O) groups excluding carboxylic acids is 2. The van der Waals surface area contributed by atoms with Crippen molar-refractivity contribution in [1.82, 2.24) is 10.2 Å². The van der Waals surface area contributed by atoms with Crippen molar-refractivity contribution in [3.63, 3.8) is 0 Å². The summed E-state index contributed by atoms with van der Waals surface area (Å²) in [6.45, 7) is -0.743. The molecule has 0 atom stereocenters. The fraction of sp³-hybridized carbons (Fsp3) is 0.476. The van der Waals surface area contributed by atoms with E-state index >= 15 is 0 Å². The number of aliphatic carboxylic acids is 1. The Labute approximate surface area is 176 Å². The van der Waals surface area contributed by atoms with Gasteiger partial charge in [0.25, 0.3) is 11.8 Å². The first-order valence-corrected chi connectivity index (χ1v) is 9.94. The van der Waals surface area contributed by atoms with E-state index in [1.54, 1.807) is 0 Å². The van der Waals surface area contributed by atoms with Crippen LogP contribution in [0.4, 0.5) is 13.2 Å². The molecule has 1 heterocycles. The molecule has 1 spiro atoms. The third kappa shape index (κ3) is 4.83. The van der Waals surface area contributed by atoms with Gasteiger partial charge in [-0.05, 0) is 30.5 Å². The highest BCUT2D eigenvalue weighted by Crippen LogP contribution is 2.43. The lowest BCUT2D eigenvalue weighted by Gasteiger charge is -2.49. The maximum absolute atomic E-state index is 13.2. The first-order valence-electron chi connectivity index (χ1n) is 9.94. The molecule has 2 amide bonds. The zero-order valence-corrected chi connectivity index (χ0v) is 16.7. The molecule has 0 radical (unpaired) electrons. The predicted octanol–water partition coefficient (Wildman–Crippen LogP) is 3.15. The van der Waals surface area contributed by atoms with E-state index in [4.69, 9.17) is 5.11 Å². The number of aliphatic hydroxyl groups is 1. The maximum atomic E-state index is 13.2. The van der Waals surface area contributed by atoms with Gasteiger partial charge in [-0.1, -0.05) is 31.4 Å². The fourth-order valence-electron chi connectivity index (χ4n) is 4.32. The third-order valence-corrected chi connectivity index (χ3v) is 5.85. The van der Waals surface area contributed by atoms with E-state index in [-0.39, 0.29) is 13.0 Å². The Kier molecular flexibility index (Phi) is 6.28. The van der Waals surface area contributed by atoms with Crippen LogP contribution in [0, 0.1) is 0 Å². The van der Waals surface area contributed by atoms with Gasteiger partial charge < -0.3 is 20.4 Å². The first-order chi connectivity index (χ1) is 14.5. The Balaban J connectivity index is 1.92. The summed E-state index contributed by atoms with van der Waals surface area (Å²) in [5.41, 5.74) is -1.61. The number of hydrogen-bond donors (Lipinski definition) is 3. The van der Waals surface area contributed by atoms with Crippen molar-refractivity contribution < 1.29 is 37.8 Å². The lowest BCUT2D eigenvalue weighted by molar-refractivity contribution is -0.142. The predicted molar refractivity (Wildman–Crippen MR) is 103 cm³/mol. The van der Waals surface area contributed by atoms with Crippen molar-refractivity contribution in [2.45, 2.75) is 56.8 Å². The number of carboxylic acids is 1. The van der Waals surface area contributed by atoms with Gasteiger partial charge in [-0.3, -0.25) is 14.4 Å². The van der Waals surface area contributed by atoms with Gasteiger partial charge in [0.2, 0.25) is 0 Å². The number of amides is 2. The number of halogens is 3. The van der Waals surface area contributed by atoms with Crippen molar-refractivity contribution in [1.29, 1.82) is 0 Å². The van der Waals surface area contributed by atoms with E-state index in [2.05, 4.69) is 5.32 Å². The Morgan fingerprint density at radius 3 is 2.26 bits per heavy atom. The molecule has 1 fully saturated rings. The maximum Gasteiger partial charge on any atom is 0.416 e. The molecule has 1 saturated carbocycles.